The average Bonchev–Trinajstić information content (AvgIpc) is 2.49. The van der Waals surface area contributed by atoms with Gasteiger partial charge in [0.15, 0.2) is 5.75 Å². The van der Waals surface area contributed by atoms with Crippen LogP contribution in [0.4, 0.5) is 0 Å². The van der Waals surface area contributed by atoms with Gasteiger partial charge in [0.2, 0.25) is 0 Å². The van der Waals surface area contributed by atoms with Crippen LogP contribution in [0.2, 0.25) is 0 Å². The van der Waals surface area contributed by atoms with Gasteiger partial charge in [-0.3, -0.25) is 4.98 Å². The van der Waals surface area contributed by atoms with E-state index in [1.807, 2.05) is 66.7 Å². The van der Waals surface area contributed by atoms with Crippen LogP contribution in [0.1, 0.15) is 5.56 Å². The topological polar surface area (TPSA) is 22.1 Å². The van der Waals surface area contributed by atoms with Gasteiger partial charge in [-0.15, -0.1) is 0 Å². The Hall–Kier alpha value is -2.61. The first-order valence-electron chi connectivity index (χ1n) is 6.15. The van der Waals surface area contributed by atoms with Gasteiger partial charge in [0, 0.05) is 11.6 Å². The highest BCUT2D eigenvalue weighted by atomic mass is 16.5. The van der Waals surface area contributed by atoms with Gasteiger partial charge in [-0.25, -0.2) is 0 Å². The molecular formula is C17H13NO. The van der Waals surface area contributed by atoms with Crippen molar-refractivity contribution in [1.29, 1.82) is 0 Å². The van der Waals surface area contributed by atoms with Crippen molar-refractivity contribution in [2.75, 3.05) is 0 Å². The molecule has 1 aromatic heterocycles. The predicted molar refractivity (Wildman–Crippen MR) is 77.8 cm³/mol. The maximum absolute atomic E-state index is 5.68. The molecule has 0 aliphatic carbocycles. The van der Waals surface area contributed by atoms with Gasteiger partial charge in [-0.1, -0.05) is 48.5 Å². The normalized spacial score (nSPS) is 10.9. The molecule has 3 aromatic rings. The zero-order valence-electron chi connectivity index (χ0n) is 10.4. The highest BCUT2D eigenvalue weighted by molar-refractivity contribution is 5.84. The molecule has 19 heavy (non-hydrogen) atoms. The number of fused-ring (bicyclic) bond motifs is 1. The molecule has 0 aliphatic rings. The molecule has 0 aliphatic heterocycles. The number of benzene rings is 2. The third kappa shape index (κ3) is 2.63. The minimum atomic E-state index is 0.769. The second-order valence-electron chi connectivity index (χ2n) is 4.16. The number of nitrogens with zero attached hydrogens (tertiary/aromatic N) is 1. The Morgan fingerprint density at radius 3 is 2.58 bits per heavy atom. The van der Waals surface area contributed by atoms with E-state index in [0.29, 0.717) is 0 Å². The minimum Gasteiger partial charge on any atom is -0.463 e. The Bertz CT molecular complexity index is 699. The number of ether oxygens (including phenoxy) is 1. The Balaban J connectivity index is 1.84. The summed E-state index contributed by atoms with van der Waals surface area (Å²) in [6, 6.07) is 19.9. The molecule has 0 bridgehead atoms. The zero-order chi connectivity index (χ0) is 12.9. The fourth-order valence-electron chi connectivity index (χ4n) is 1.92. The Morgan fingerprint density at radius 2 is 1.68 bits per heavy atom. The highest BCUT2D eigenvalue weighted by Crippen LogP contribution is 2.23. The summed E-state index contributed by atoms with van der Waals surface area (Å²) < 4.78 is 5.68. The van der Waals surface area contributed by atoms with Crippen LogP contribution in [0.25, 0.3) is 17.0 Å². The lowest BCUT2D eigenvalue weighted by atomic mass is 10.2. The fraction of sp³-hybridized carbons (Fsp3) is 0. The third-order valence-corrected chi connectivity index (χ3v) is 2.85. The summed E-state index contributed by atoms with van der Waals surface area (Å²) in [6.07, 6.45) is 5.40. The maximum Gasteiger partial charge on any atom is 0.152 e. The first-order valence-corrected chi connectivity index (χ1v) is 6.15. The average molecular weight is 247 g/mol. The van der Waals surface area contributed by atoms with E-state index in [4.69, 9.17) is 4.74 Å². The van der Waals surface area contributed by atoms with Gasteiger partial charge in [0.05, 0.1) is 6.26 Å². The minimum absolute atomic E-state index is 0.769. The molecule has 0 N–H and O–H groups in total. The summed E-state index contributed by atoms with van der Waals surface area (Å²) in [5, 5.41) is 1.08. The largest absolute Gasteiger partial charge is 0.463 e. The maximum atomic E-state index is 5.68. The van der Waals surface area contributed by atoms with Crippen molar-refractivity contribution in [3.05, 3.63) is 78.7 Å². The van der Waals surface area contributed by atoms with E-state index >= 15 is 0 Å². The van der Waals surface area contributed by atoms with Crippen LogP contribution in [-0.4, -0.2) is 4.98 Å². The molecule has 0 spiro atoms. The summed E-state index contributed by atoms with van der Waals surface area (Å²) in [5.74, 6) is 0.769. The molecule has 2 nitrogen and oxygen atoms in total. The first-order chi connectivity index (χ1) is 9.43. The summed E-state index contributed by atoms with van der Waals surface area (Å²) >= 11 is 0. The van der Waals surface area contributed by atoms with Crippen LogP contribution in [0.3, 0.4) is 0 Å². The summed E-state index contributed by atoms with van der Waals surface area (Å²) in [6.45, 7) is 0. The molecule has 2 aromatic carbocycles. The monoisotopic (exact) mass is 247 g/mol. The number of rotatable bonds is 3. The van der Waals surface area contributed by atoms with Gasteiger partial charge < -0.3 is 4.74 Å². The van der Waals surface area contributed by atoms with E-state index in [1.54, 1.807) is 12.5 Å². The fourth-order valence-corrected chi connectivity index (χ4v) is 1.92. The summed E-state index contributed by atoms with van der Waals surface area (Å²) in [7, 11) is 0. The second-order valence-corrected chi connectivity index (χ2v) is 4.16. The van der Waals surface area contributed by atoms with Crippen molar-refractivity contribution >= 4 is 17.0 Å². The highest BCUT2D eigenvalue weighted by Gasteiger charge is 2.00. The Morgan fingerprint density at radius 1 is 0.842 bits per heavy atom. The molecule has 0 atom stereocenters. The number of hydrogen-bond donors (Lipinski definition) is 0. The smallest absolute Gasteiger partial charge is 0.152 e. The molecule has 0 saturated heterocycles. The quantitative estimate of drug-likeness (QED) is 0.644. The standard InChI is InChI=1S/C17H13NO/c1-2-6-14(7-3-1)11-13-19-16-10-4-8-15-9-5-12-18-17(15)16/h1-13H. The van der Waals surface area contributed by atoms with E-state index < -0.39 is 0 Å². The predicted octanol–water partition coefficient (Wildman–Crippen LogP) is 4.28. The lowest BCUT2D eigenvalue weighted by molar-refractivity contribution is 0.490. The lowest BCUT2D eigenvalue weighted by Gasteiger charge is -2.03. The van der Waals surface area contributed by atoms with Gasteiger partial charge >= 0.3 is 0 Å². The van der Waals surface area contributed by atoms with Gasteiger partial charge in [0.25, 0.3) is 0 Å². The molecule has 3 rings (SSSR count). The van der Waals surface area contributed by atoms with Crippen LogP contribution in [0.5, 0.6) is 5.75 Å². The Labute approximate surface area is 112 Å². The van der Waals surface area contributed by atoms with Crippen LogP contribution < -0.4 is 4.74 Å². The molecule has 0 unspecified atom stereocenters. The molecule has 2 heteroatoms. The molecule has 1 heterocycles. The molecule has 0 saturated carbocycles. The van der Waals surface area contributed by atoms with Gasteiger partial charge in [-0.2, -0.15) is 0 Å². The van der Waals surface area contributed by atoms with Gasteiger partial charge in [-0.05, 0) is 23.8 Å². The summed E-state index contributed by atoms with van der Waals surface area (Å²) in [4.78, 5) is 4.35. The van der Waals surface area contributed by atoms with E-state index in [0.717, 1.165) is 22.2 Å². The zero-order valence-corrected chi connectivity index (χ0v) is 10.4. The van der Waals surface area contributed by atoms with E-state index in [1.165, 1.54) is 0 Å². The number of pyridine rings is 1. The van der Waals surface area contributed by atoms with E-state index in [2.05, 4.69) is 4.98 Å². The van der Waals surface area contributed by atoms with Crippen molar-refractivity contribution < 1.29 is 4.74 Å². The van der Waals surface area contributed by atoms with Gasteiger partial charge in [0.1, 0.15) is 5.52 Å². The van der Waals surface area contributed by atoms with E-state index in [-0.39, 0.29) is 0 Å². The van der Waals surface area contributed by atoms with E-state index in [9.17, 15) is 0 Å². The van der Waals surface area contributed by atoms with Crippen molar-refractivity contribution in [2.24, 2.45) is 0 Å². The molecule has 0 radical (unpaired) electrons. The molecule has 92 valence electrons. The van der Waals surface area contributed by atoms with Crippen LogP contribution in [0, 0.1) is 0 Å². The molecule has 0 amide bonds. The van der Waals surface area contributed by atoms with Crippen molar-refractivity contribution in [2.45, 2.75) is 0 Å². The van der Waals surface area contributed by atoms with Crippen LogP contribution in [-0.2, 0) is 0 Å². The van der Waals surface area contributed by atoms with Crippen molar-refractivity contribution in [3.63, 3.8) is 0 Å². The Kier molecular flexibility index (Phi) is 3.24. The molecule has 0 fully saturated rings. The summed E-state index contributed by atoms with van der Waals surface area (Å²) in [5.41, 5.74) is 1.98. The number of hydrogen-bond acceptors (Lipinski definition) is 2. The number of para-hydroxylation sites is 1. The first kappa shape index (κ1) is 11.5. The van der Waals surface area contributed by atoms with Crippen LogP contribution >= 0.6 is 0 Å². The molecular weight excluding hydrogens is 234 g/mol. The van der Waals surface area contributed by atoms with Crippen molar-refractivity contribution in [1.82, 2.24) is 4.98 Å². The SMILES string of the molecule is C(=Cc1ccccc1)Oc1cccc2cccnc12. The second kappa shape index (κ2) is 5.36. The lowest BCUT2D eigenvalue weighted by Crippen LogP contribution is -1.86. The third-order valence-electron chi connectivity index (χ3n) is 2.85. The van der Waals surface area contributed by atoms with Crippen LogP contribution in [0.15, 0.2) is 73.1 Å². The number of aromatic nitrogens is 1. The van der Waals surface area contributed by atoms with Crippen molar-refractivity contribution in [3.8, 4) is 5.75 Å².